The Morgan fingerprint density at radius 2 is 1.92 bits per heavy atom. The van der Waals surface area contributed by atoms with Gasteiger partial charge in [-0.25, -0.2) is 14.6 Å². The molecule has 2 heterocycles. The van der Waals surface area contributed by atoms with E-state index < -0.39 is 5.97 Å². The number of hydrogen-bond donors (Lipinski definition) is 1. The minimum absolute atomic E-state index is 0.0234. The first-order chi connectivity index (χ1) is 11.6. The molecule has 7 nitrogen and oxygen atoms in total. The lowest BCUT2D eigenvalue weighted by Crippen LogP contribution is -2.45. The van der Waals surface area contributed by atoms with Crippen molar-refractivity contribution in [3.05, 3.63) is 48.2 Å². The van der Waals surface area contributed by atoms with E-state index in [2.05, 4.69) is 4.98 Å². The maximum absolute atomic E-state index is 12.6. The first kappa shape index (κ1) is 16.0. The maximum Gasteiger partial charge on any atom is 0.358 e. The van der Waals surface area contributed by atoms with E-state index in [1.165, 1.54) is 6.39 Å². The van der Waals surface area contributed by atoms with E-state index in [1.807, 2.05) is 30.3 Å². The molecule has 1 aromatic heterocycles. The molecule has 2 amide bonds. The van der Waals surface area contributed by atoms with E-state index >= 15 is 0 Å². The molecule has 0 saturated carbocycles. The third-order valence-corrected chi connectivity index (χ3v) is 4.36. The van der Waals surface area contributed by atoms with Gasteiger partial charge < -0.3 is 14.4 Å². The summed E-state index contributed by atoms with van der Waals surface area (Å²) in [7, 11) is 1.75. The monoisotopic (exact) mass is 329 g/mol. The van der Waals surface area contributed by atoms with Gasteiger partial charge in [0.2, 0.25) is 0 Å². The molecule has 1 aliphatic rings. The number of rotatable bonds is 3. The average Bonchev–Trinajstić information content (AvgIpc) is 3.11. The van der Waals surface area contributed by atoms with Gasteiger partial charge in [0.15, 0.2) is 12.1 Å². The van der Waals surface area contributed by atoms with Gasteiger partial charge in [-0.2, -0.15) is 0 Å². The summed E-state index contributed by atoms with van der Waals surface area (Å²) in [4.78, 5) is 30.9. The highest BCUT2D eigenvalue weighted by atomic mass is 16.4. The second-order valence-electron chi connectivity index (χ2n) is 5.81. The molecular weight excluding hydrogens is 310 g/mol. The Labute approximate surface area is 139 Å². The summed E-state index contributed by atoms with van der Waals surface area (Å²) in [5.41, 5.74) is 0.814. The predicted molar refractivity (Wildman–Crippen MR) is 87.3 cm³/mol. The van der Waals surface area contributed by atoms with Crippen molar-refractivity contribution in [2.45, 2.75) is 18.8 Å². The lowest BCUT2D eigenvalue weighted by Gasteiger charge is -2.34. The van der Waals surface area contributed by atoms with Crippen molar-refractivity contribution in [2.75, 3.05) is 25.0 Å². The van der Waals surface area contributed by atoms with Gasteiger partial charge in [-0.05, 0) is 25.0 Å². The second kappa shape index (κ2) is 6.74. The Hall–Kier alpha value is -2.83. The summed E-state index contributed by atoms with van der Waals surface area (Å²) < 4.78 is 5.27. The quantitative estimate of drug-likeness (QED) is 0.935. The van der Waals surface area contributed by atoms with Gasteiger partial charge in [0, 0.05) is 31.7 Å². The number of likely N-dealkylation sites (tertiary alicyclic amines) is 1. The first-order valence-electron chi connectivity index (χ1n) is 7.82. The van der Waals surface area contributed by atoms with Crippen molar-refractivity contribution in [3.63, 3.8) is 0 Å². The Balaban J connectivity index is 1.63. The van der Waals surface area contributed by atoms with Crippen molar-refractivity contribution in [3.8, 4) is 0 Å². The van der Waals surface area contributed by atoms with Crippen molar-refractivity contribution in [2.24, 2.45) is 0 Å². The standard InChI is InChI=1S/C17H19N3O4/c1-19(13-5-3-2-4-6-13)17(23)20-9-7-12(8-10-20)15-14(16(21)22)18-11-24-15/h2-6,11-12H,7-10H2,1H3,(H,21,22). The van der Waals surface area contributed by atoms with Crippen LogP contribution < -0.4 is 4.90 Å². The van der Waals surface area contributed by atoms with Gasteiger partial charge in [0.25, 0.3) is 0 Å². The Bertz CT molecular complexity index is 720. The van der Waals surface area contributed by atoms with E-state index in [4.69, 9.17) is 9.52 Å². The van der Waals surface area contributed by atoms with Crippen LogP contribution >= 0.6 is 0 Å². The van der Waals surface area contributed by atoms with Crippen LogP contribution in [0.5, 0.6) is 0 Å². The lowest BCUT2D eigenvalue weighted by molar-refractivity contribution is 0.0686. The summed E-state index contributed by atoms with van der Waals surface area (Å²) in [6.45, 7) is 1.11. The minimum atomic E-state index is -1.08. The molecule has 2 aromatic rings. The van der Waals surface area contributed by atoms with E-state index in [-0.39, 0.29) is 17.6 Å². The highest BCUT2D eigenvalue weighted by Gasteiger charge is 2.30. The number of anilines is 1. The molecule has 0 spiro atoms. The van der Waals surface area contributed by atoms with Gasteiger partial charge in [0.05, 0.1) is 0 Å². The molecule has 1 N–H and O–H groups in total. The molecule has 0 aliphatic carbocycles. The second-order valence-corrected chi connectivity index (χ2v) is 5.81. The Morgan fingerprint density at radius 1 is 1.25 bits per heavy atom. The number of aromatic nitrogens is 1. The molecule has 1 aliphatic heterocycles. The lowest BCUT2D eigenvalue weighted by atomic mass is 9.93. The molecule has 1 aromatic carbocycles. The molecule has 0 bridgehead atoms. The van der Waals surface area contributed by atoms with Crippen LogP contribution in [0.1, 0.15) is 35.0 Å². The Morgan fingerprint density at radius 3 is 2.54 bits per heavy atom. The van der Waals surface area contributed by atoms with E-state index in [0.717, 1.165) is 5.69 Å². The van der Waals surface area contributed by atoms with Crippen molar-refractivity contribution < 1.29 is 19.1 Å². The number of urea groups is 1. The molecule has 7 heteroatoms. The number of carbonyl (C=O) groups is 2. The van der Waals surface area contributed by atoms with Crippen LogP contribution in [0, 0.1) is 0 Å². The fourth-order valence-corrected chi connectivity index (χ4v) is 3.01. The molecule has 24 heavy (non-hydrogen) atoms. The third-order valence-electron chi connectivity index (χ3n) is 4.36. The predicted octanol–water partition coefficient (Wildman–Crippen LogP) is 2.81. The van der Waals surface area contributed by atoms with Crippen LogP contribution in [0.15, 0.2) is 41.1 Å². The van der Waals surface area contributed by atoms with Gasteiger partial charge in [-0.15, -0.1) is 0 Å². The van der Waals surface area contributed by atoms with Crippen LogP contribution in [0.2, 0.25) is 0 Å². The third kappa shape index (κ3) is 3.10. The zero-order valence-corrected chi connectivity index (χ0v) is 13.4. The molecule has 126 valence electrons. The van der Waals surface area contributed by atoms with Gasteiger partial charge in [-0.3, -0.25) is 4.90 Å². The topological polar surface area (TPSA) is 86.9 Å². The first-order valence-corrected chi connectivity index (χ1v) is 7.82. The van der Waals surface area contributed by atoms with Crippen LogP contribution in [0.4, 0.5) is 10.5 Å². The van der Waals surface area contributed by atoms with Gasteiger partial charge in [0.1, 0.15) is 5.76 Å². The molecular formula is C17H19N3O4. The minimum Gasteiger partial charge on any atom is -0.476 e. The number of amides is 2. The molecule has 3 rings (SSSR count). The molecule has 1 saturated heterocycles. The number of hydrogen-bond acceptors (Lipinski definition) is 4. The number of carboxylic acids is 1. The van der Waals surface area contributed by atoms with Gasteiger partial charge >= 0.3 is 12.0 Å². The number of aromatic carboxylic acids is 1. The Kier molecular flexibility index (Phi) is 4.50. The van der Waals surface area contributed by atoms with Crippen LogP contribution in [-0.4, -0.2) is 47.1 Å². The number of benzene rings is 1. The number of para-hydroxylation sites is 1. The smallest absolute Gasteiger partial charge is 0.358 e. The van der Waals surface area contributed by atoms with Gasteiger partial charge in [-0.1, -0.05) is 18.2 Å². The molecule has 0 unspecified atom stereocenters. The summed E-state index contributed by atoms with van der Waals surface area (Å²) in [5.74, 6) is -0.697. The number of piperidine rings is 1. The van der Waals surface area contributed by atoms with Crippen LogP contribution in [0.25, 0.3) is 0 Å². The molecule has 1 fully saturated rings. The molecule has 0 radical (unpaired) electrons. The summed E-state index contributed by atoms with van der Waals surface area (Å²) >= 11 is 0. The maximum atomic E-state index is 12.6. The van der Waals surface area contributed by atoms with E-state index in [9.17, 15) is 9.59 Å². The normalized spacial score (nSPS) is 15.3. The highest BCUT2D eigenvalue weighted by molar-refractivity contribution is 5.91. The van der Waals surface area contributed by atoms with E-state index in [1.54, 1.807) is 16.8 Å². The summed E-state index contributed by atoms with van der Waals surface area (Å²) in [6, 6.07) is 9.41. The summed E-state index contributed by atoms with van der Waals surface area (Å²) in [6.07, 6.45) is 2.48. The zero-order chi connectivity index (χ0) is 17.1. The van der Waals surface area contributed by atoms with Crippen molar-refractivity contribution in [1.82, 2.24) is 9.88 Å². The van der Waals surface area contributed by atoms with Crippen LogP contribution in [-0.2, 0) is 0 Å². The number of oxazole rings is 1. The van der Waals surface area contributed by atoms with Crippen molar-refractivity contribution in [1.29, 1.82) is 0 Å². The number of carbonyl (C=O) groups excluding carboxylic acids is 1. The number of carboxylic acid groups (broad SMARTS) is 1. The van der Waals surface area contributed by atoms with E-state index in [0.29, 0.717) is 31.7 Å². The molecule has 0 atom stereocenters. The summed E-state index contributed by atoms with van der Waals surface area (Å²) in [5, 5.41) is 9.13. The van der Waals surface area contributed by atoms with Crippen molar-refractivity contribution >= 4 is 17.7 Å². The highest BCUT2D eigenvalue weighted by Crippen LogP contribution is 2.30. The fraction of sp³-hybridized carbons (Fsp3) is 0.353. The zero-order valence-electron chi connectivity index (χ0n) is 13.4. The fourth-order valence-electron chi connectivity index (χ4n) is 3.01. The number of nitrogens with zero attached hydrogens (tertiary/aromatic N) is 3. The SMILES string of the molecule is CN(C(=O)N1CCC(c2ocnc2C(=O)O)CC1)c1ccccc1. The largest absolute Gasteiger partial charge is 0.476 e. The van der Waals surface area contributed by atoms with Crippen LogP contribution in [0.3, 0.4) is 0 Å². The average molecular weight is 329 g/mol.